The average molecular weight is 304 g/mol. The summed E-state index contributed by atoms with van der Waals surface area (Å²) in [7, 11) is 0. The summed E-state index contributed by atoms with van der Waals surface area (Å²) < 4.78 is 15.2. The second-order valence-corrected chi connectivity index (χ2v) is 5.29. The van der Waals surface area contributed by atoms with E-state index in [-0.39, 0.29) is 11.6 Å². The molecule has 0 saturated heterocycles. The van der Waals surface area contributed by atoms with E-state index in [1.54, 1.807) is 24.3 Å². The molecule has 4 heteroatoms. The highest BCUT2D eigenvalue weighted by molar-refractivity contribution is 5.84. The van der Waals surface area contributed by atoms with Crippen LogP contribution in [0.15, 0.2) is 72.8 Å². The van der Waals surface area contributed by atoms with Gasteiger partial charge in [0.1, 0.15) is 17.4 Å². The van der Waals surface area contributed by atoms with E-state index in [1.807, 2.05) is 41.0 Å². The molecule has 0 saturated carbocycles. The first kappa shape index (κ1) is 13.5. The number of imidazole rings is 1. The number of halogens is 1. The van der Waals surface area contributed by atoms with Gasteiger partial charge in [0.25, 0.3) is 0 Å². The highest BCUT2D eigenvalue weighted by Gasteiger charge is 2.14. The number of hydrogen-bond acceptors (Lipinski definition) is 2. The lowest BCUT2D eigenvalue weighted by Gasteiger charge is -2.09. The second-order valence-electron chi connectivity index (χ2n) is 5.29. The second kappa shape index (κ2) is 5.25. The van der Waals surface area contributed by atoms with Crippen molar-refractivity contribution in [2.45, 2.75) is 0 Å². The van der Waals surface area contributed by atoms with E-state index in [0.717, 1.165) is 16.8 Å². The molecule has 0 amide bonds. The van der Waals surface area contributed by atoms with Crippen LogP contribution in [0.2, 0.25) is 0 Å². The molecule has 0 unspecified atom stereocenters. The molecule has 0 aliphatic carbocycles. The van der Waals surface area contributed by atoms with Crippen LogP contribution in [-0.4, -0.2) is 14.7 Å². The Morgan fingerprint density at radius 2 is 1.61 bits per heavy atom. The molecule has 0 radical (unpaired) electrons. The van der Waals surface area contributed by atoms with Gasteiger partial charge in [-0.25, -0.2) is 9.37 Å². The van der Waals surface area contributed by atoms with E-state index >= 15 is 0 Å². The number of fused-ring (bicyclic) bond motifs is 1. The molecule has 1 N–H and O–H groups in total. The highest BCUT2D eigenvalue weighted by atomic mass is 19.1. The number of aromatic nitrogens is 2. The maximum absolute atomic E-state index is 13.2. The van der Waals surface area contributed by atoms with Gasteiger partial charge in [-0.2, -0.15) is 0 Å². The van der Waals surface area contributed by atoms with Crippen LogP contribution < -0.4 is 0 Å². The molecule has 112 valence electrons. The topological polar surface area (TPSA) is 38.1 Å². The van der Waals surface area contributed by atoms with Crippen molar-refractivity contribution < 1.29 is 9.50 Å². The van der Waals surface area contributed by atoms with E-state index in [0.29, 0.717) is 11.3 Å². The van der Waals surface area contributed by atoms with E-state index in [1.165, 1.54) is 12.1 Å². The number of phenols is 1. The number of phenolic OH excluding ortho intramolecular Hbond substituents is 1. The smallest absolute Gasteiger partial charge is 0.145 e. The van der Waals surface area contributed by atoms with Gasteiger partial charge in [-0.15, -0.1) is 0 Å². The normalized spacial score (nSPS) is 11.0. The molecule has 0 aliphatic rings. The van der Waals surface area contributed by atoms with Gasteiger partial charge in [0.05, 0.1) is 11.0 Å². The highest BCUT2D eigenvalue weighted by Crippen LogP contribution is 2.30. The number of para-hydroxylation sites is 1. The lowest BCUT2D eigenvalue weighted by atomic mass is 10.2. The van der Waals surface area contributed by atoms with Crippen molar-refractivity contribution in [1.82, 2.24) is 9.55 Å². The molecule has 23 heavy (non-hydrogen) atoms. The summed E-state index contributed by atoms with van der Waals surface area (Å²) in [6.45, 7) is 0. The summed E-state index contributed by atoms with van der Waals surface area (Å²) in [5.41, 5.74) is 3.34. The van der Waals surface area contributed by atoms with Crippen molar-refractivity contribution in [1.29, 1.82) is 0 Å². The molecule has 0 atom stereocenters. The third-order valence-electron chi connectivity index (χ3n) is 3.75. The van der Waals surface area contributed by atoms with Crippen molar-refractivity contribution >= 4 is 11.0 Å². The molecular formula is C19H13FN2O. The number of rotatable bonds is 2. The molecular weight excluding hydrogens is 291 g/mol. The van der Waals surface area contributed by atoms with Gasteiger partial charge in [0.2, 0.25) is 0 Å². The van der Waals surface area contributed by atoms with Crippen LogP contribution in [0.1, 0.15) is 0 Å². The molecule has 1 heterocycles. The maximum atomic E-state index is 13.2. The van der Waals surface area contributed by atoms with Gasteiger partial charge in [-0.1, -0.05) is 18.2 Å². The number of benzene rings is 3. The molecule has 4 rings (SSSR count). The van der Waals surface area contributed by atoms with Crippen LogP contribution in [-0.2, 0) is 0 Å². The lowest BCUT2D eigenvalue weighted by molar-refractivity contribution is 0.476. The van der Waals surface area contributed by atoms with E-state index in [4.69, 9.17) is 0 Å². The van der Waals surface area contributed by atoms with Crippen molar-refractivity contribution in [2.75, 3.05) is 0 Å². The Hall–Kier alpha value is -3.14. The molecule has 0 spiro atoms. The summed E-state index contributed by atoms with van der Waals surface area (Å²) >= 11 is 0. The number of hydrogen-bond donors (Lipinski definition) is 1. The fourth-order valence-corrected chi connectivity index (χ4v) is 2.70. The monoisotopic (exact) mass is 304 g/mol. The molecule has 3 nitrogen and oxygen atoms in total. The third kappa shape index (κ3) is 2.34. The predicted octanol–water partition coefficient (Wildman–Crippen LogP) is 4.54. The Morgan fingerprint density at radius 1 is 0.870 bits per heavy atom. The fraction of sp³-hybridized carbons (Fsp3) is 0. The first-order valence-corrected chi connectivity index (χ1v) is 7.25. The Bertz CT molecular complexity index is 976. The molecule has 0 aliphatic heterocycles. The molecule has 3 aromatic carbocycles. The molecule has 1 aromatic heterocycles. The maximum Gasteiger partial charge on any atom is 0.145 e. The molecule has 4 aromatic rings. The zero-order chi connectivity index (χ0) is 15.8. The van der Waals surface area contributed by atoms with Crippen molar-refractivity contribution in [2.24, 2.45) is 0 Å². The van der Waals surface area contributed by atoms with Crippen molar-refractivity contribution in [3.05, 3.63) is 78.6 Å². The molecule has 0 fully saturated rings. The summed E-state index contributed by atoms with van der Waals surface area (Å²) in [5.74, 6) is 0.589. The van der Waals surface area contributed by atoms with Crippen LogP contribution in [0.4, 0.5) is 4.39 Å². The van der Waals surface area contributed by atoms with Crippen LogP contribution >= 0.6 is 0 Å². The fourth-order valence-electron chi connectivity index (χ4n) is 2.70. The Morgan fingerprint density at radius 3 is 2.35 bits per heavy atom. The van der Waals surface area contributed by atoms with Crippen LogP contribution in [0.5, 0.6) is 5.75 Å². The van der Waals surface area contributed by atoms with Gasteiger partial charge < -0.3 is 5.11 Å². The van der Waals surface area contributed by atoms with Gasteiger partial charge >= 0.3 is 0 Å². The van der Waals surface area contributed by atoms with Crippen LogP contribution in [0.25, 0.3) is 28.1 Å². The van der Waals surface area contributed by atoms with Crippen LogP contribution in [0, 0.1) is 5.82 Å². The SMILES string of the molecule is Oc1ccc2c(c1)nc(-c1ccc(F)cc1)n2-c1ccccc1. The third-order valence-corrected chi connectivity index (χ3v) is 3.75. The zero-order valence-corrected chi connectivity index (χ0v) is 12.1. The van der Waals surface area contributed by atoms with Gasteiger partial charge in [-0.3, -0.25) is 4.57 Å². The number of nitrogens with zero attached hydrogens (tertiary/aromatic N) is 2. The Labute approximate surface area is 132 Å². The standard InChI is InChI=1S/C19H13FN2O/c20-14-8-6-13(7-9-14)19-21-17-12-16(23)10-11-18(17)22(19)15-4-2-1-3-5-15/h1-12,23H. The number of aromatic hydroxyl groups is 1. The lowest BCUT2D eigenvalue weighted by Crippen LogP contribution is -1.97. The first-order valence-electron chi connectivity index (χ1n) is 7.25. The van der Waals surface area contributed by atoms with Crippen LogP contribution in [0.3, 0.4) is 0 Å². The van der Waals surface area contributed by atoms with E-state index in [9.17, 15) is 9.50 Å². The van der Waals surface area contributed by atoms with Crippen molar-refractivity contribution in [3.63, 3.8) is 0 Å². The van der Waals surface area contributed by atoms with Crippen molar-refractivity contribution in [3.8, 4) is 22.8 Å². The minimum Gasteiger partial charge on any atom is -0.508 e. The largest absolute Gasteiger partial charge is 0.508 e. The van der Waals surface area contributed by atoms with Gasteiger partial charge in [0.15, 0.2) is 0 Å². The Balaban J connectivity index is 2.04. The van der Waals surface area contributed by atoms with E-state index < -0.39 is 0 Å². The Kier molecular flexibility index (Phi) is 3.08. The molecule has 0 bridgehead atoms. The van der Waals surface area contributed by atoms with E-state index in [2.05, 4.69) is 4.98 Å². The van der Waals surface area contributed by atoms with Gasteiger partial charge in [-0.05, 0) is 48.5 Å². The quantitative estimate of drug-likeness (QED) is 0.590. The summed E-state index contributed by atoms with van der Waals surface area (Å²) in [6.07, 6.45) is 0. The average Bonchev–Trinajstić information content (AvgIpc) is 2.94. The summed E-state index contributed by atoms with van der Waals surface area (Å²) in [4.78, 5) is 4.63. The first-order chi connectivity index (χ1) is 11.2. The minimum atomic E-state index is -0.284. The van der Waals surface area contributed by atoms with Gasteiger partial charge in [0, 0.05) is 17.3 Å². The predicted molar refractivity (Wildman–Crippen MR) is 88.1 cm³/mol. The summed E-state index contributed by atoms with van der Waals surface area (Å²) in [6, 6.07) is 21.2. The summed E-state index contributed by atoms with van der Waals surface area (Å²) in [5, 5.41) is 9.71. The minimum absolute atomic E-state index is 0.167. The zero-order valence-electron chi connectivity index (χ0n) is 12.1.